The standard InChI is InChI=1S/C13H8N2O2/c14-8-10(13(16)17)7-11-6-5-9-3-1-2-4-12(9)15-11/h1-7H,(H,16,17)/b10-7-. The average Bonchev–Trinajstić information content (AvgIpc) is 2.35. The fourth-order valence-corrected chi connectivity index (χ4v) is 1.45. The Labute approximate surface area is 97.5 Å². The van der Waals surface area contributed by atoms with E-state index in [2.05, 4.69) is 4.98 Å². The molecule has 1 N–H and O–H groups in total. The molecule has 0 aliphatic heterocycles. The molecule has 0 unspecified atom stereocenters. The van der Waals surface area contributed by atoms with Crippen molar-refractivity contribution in [2.45, 2.75) is 0 Å². The van der Waals surface area contributed by atoms with Crippen molar-refractivity contribution in [2.24, 2.45) is 0 Å². The van der Waals surface area contributed by atoms with Crippen LogP contribution in [0.1, 0.15) is 5.69 Å². The molecule has 0 saturated carbocycles. The second kappa shape index (κ2) is 4.45. The third-order valence-electron chi connectivity index (χ3n) is 2.26. The number of pyridine rings is 1. The maximum absolute atomic E-state index is 10.7. The van der Waals surface area contributed by atoms with Gasteiger partial charge in [-0.25, -0.2) is 9.78 Å². The molecule has 0 saturated heterocycles. The summed E-state index contributed by atoms with van der Waals surface area (Å²) in [5, 5.41) is 18.3. The smallest absolute Gasteiger partial charge is 0.346 e. The fourth-order valence-electron chi connectivity index (χ4n) is 1.45. The molecule has 4 nitrogen and oxygen atoms in total. The monoisotopic (exact) mass is 224 g/mol. The number of hydrogen-bond acceptors (Lipinski definition) is 3. The molecular formula is C13H8N2O2. The van der Waals surface area contributed by atoms with Crippen molar-refractivity contribution in [1.29, 1.82) is 5.26 Å². The molecule has 1 heterocycles. The Kier molecular flexibility index (Phi) is 2.84. The van der Waals surface area contributed by atoms with Crippen LogP contribution < -0.4 is 0 Å². The summed E-state index contributed by atoms with van der Waals surface area (Å²) in [6.07, 6.45) is 1.26. The van der Waals surface area contributed by atoms with Crippen molar-refractivity contribution in [3.05, 3.63) is 47.7 Å². The van der Waals surface area contributed by atoms with Gasteiger partial charge in [-0.15, -0.1) is 0 Å². The molecule has 0 radical (unpaired) electrons. The maximum Gasteiger partial charge on any atom is 0.346 e. The van der Waals surface area contributed by atoms with E-state index in [9.17, 15) is 4.79 Å². The molecule has 0 aliphatic carbocycles. The summed E-state index contributed by atoms with van der Waals surface area (Å²) in [5.74, 6) is -1.25. The van der Waals surface area contributed by atoms with Crippen LogP contribution in [0, 0.1) is 11.3 Å². The normalized spacial score (nSPS) is 11.1. The van der Waals surface area contributed by atoms with Crippen LogP contribution in [0.2, 0.25) is 0 Å². The van der Waals surface area contributed by atoms with Gasteiger partial charge in [-0.2, -0.15) is 5.26 Å². The zero-order chi connectivity index (χ0) is 12.3. The highest BCUT2D eigenvalue weighted by Crippen LogP contribution is 2.13. The number of para-hydroxylation sites is 1. The summed E-state index contributed by atoms with van der Waals surface area (Å²) in [4.78, 5) is 14.9. The molecule has 17 heavy (non-hydrogen) atoms. The maximum atomic E-state index is 10.7. The zero-order valence-corrected chi connectivity index (χ0v) is 8.79. The first-order valence-corrected chi connectivity index (χ1v) is 4.91. The van der Waals surface area contributed by atoms with Gasteiger partial charge < -0.3 is 5.11 Å². The average molecular weight is 224 g/mol. The lowest BCUT2D eigenvalue weighted by Gasteiger charge is -1.98. The van der Waals surface area contributed by atoms with Crippen LogP contribution in [0.4, 0.5) is 0 Å². The number of fused-ring (bicyclic) bond motifs is 1. The molecule has 0 aliphatic rings. The predicted octanol–water partition coefficient (Wildman–Crippen LogP) is 2.23. The molecule has 2 rings (SSSR count). The lowest BCUT2D eigenvalue weighted by Crippen LogP contribution is -1.97. The Balaban J connectivity index is 2.51. The lowest BCUT2D eigenvalue weighted by molar-refractivity contribution is -0.132. The van der Waals surface area contributed by atoms with Gasteiger partial charge in [-0.1, -0.05) is 24.3 Å². The Morgan fingerprint density at radius 1 is 1.29 bits per heavy atom. The molecule has 0 atom stereocenters. The Hall–Kier alpha value is -2.67. The lowest BCUT2D eigenvalue weighted by atomic mass is 10.1. The third-order valence-corrected chi connectivity index (χ3v) is 2.26. The summed E-state index contributed by atoms with van der Waals surface area (Å²) < 4.78 is 0. The van der Waals surface area contributed by atoms with Crippen LogP contribution in [0.15, 0.2) is 42.0 Å². The highest BCUT2D eigenvalue weighted by atomic mass is 16.4. The number of aromatic nitrogens is 1. The van der Waals surface area contributed by atoms with Crippen molar-refractivity contribution in [1.82, 2.24) is 4.98 Å². The van der Waals surface area contributed by atoms with E-state index in [0.717, 1.165) is 10.9 Å². The first kappa shape index (κ1) is 10.8. The molecule has 0 bridgehead atoms. The van der Waals surface area contributed by atoms with Gasteiger partial charge in [0.2, 0.25) is 0 Å². The van der Waals surface area contributed by atoms with Crippen LogP contribution in [-0.4, -0.2) is 16.1 Å². The number of carboxylic acid groups (broad SMARTS) is 1. The van der Waals surface area contributed by atoms with E-state index in [4.69, 9.17) is 10.4 Å². The van der Waals surface area contributed by atoms with Gasteiger partial charge in [0.15, 0.2) is 0 Å². The molecule has 0 fully saturated rings. The summed E-state index contributed by atoms with van der Waals surface area (Å²) in [6, 6.07) is 12.6. The first-order chi connectivity index (χ1) is 8.20. The van der Waals surface area contributed by atoms with E-state index in [0.29, 0.717) is 5.69 Å². The fraction of sp³-hybridized carbons (Fsp3) is 0. The van der Waals surface area contributed by atoms with Crippen LogP contribution >= 0.6 is 0 Å². The number of hydrogen-bond donors (Lipinski definition) is 1. The molecular weight excluding hydrogens is 216 g/mol. The molecule has 0 amide bonds. The number of carboxylic acids is 1. The van der Waals surface area contributed by atoms with Crippen molar-refractivity contribution in [3.63, 3.8) is 0 Å². The Morgan fingerprint density at radius 2 is 2.06 bits per heavy atom. The highest BCUT2D eigenvalue weighted by molar-refractivity contribution is 5.96. The van der Waals surface area contributed by atoms with Gasteiger partial charge in [0.1, 0.15) is 11.6 Å². The van der Waals surface area contributed by atoms with Crippen molar-refractivity contribution in [2.75, 3.05) is 0 Å². The quantitative estimate of drug-likeness (QED) is 0.627. The van der Waals surface area contributed by atoms with E-state index in [1.54, 1.807) is 12.1 Å². The number of carbonyl (C=O) groups is 1. The second-order valence-corrected chi connectivity index (χ2v) is 3.40. The number of nitriles is 1. The number of aliphatic carboxylic acids is 1. The van der Waals surface area contributed by atoms with Crippen LogP contribution in [0.25, 0.3) is 17.0 Å². The molecule has 1 aromatic carbocycles. The van der Waals surface area contributed by atoms with Gasteiger partial charge in [-0.05, 0) is 18.2 Å². The highest BCUT2D eigenvalue weighted by Gasteiger charge is 2.06. The van der Waals surface area contributed by atoms with Crippen molar-refractivity contribution < 1.29 is 9.90 Å². The number of rotatable bonds is 2. The van der Waals surface area contributed by atoms with Gasteiger partial charge in [0, 0.05) is 5.39 Å². The van der Waals surface area contributed by atoms with E-state index < -0.39 is 5.97 Å². The largest absolute Gasteiger partial charge is 0.477 e. The molecule has 2 aromatic rings. The van der Waals surface area contributed by atoms with Gasteiger partial charge in [0.05, 0.1) is 11.2 Å². The van der Waals surface area contributed by atoms with Gasteiger partial charge >= 0.3 is 5.97 Å². The summed E-state index contributed by atoms with van der Waals surface area (Å²) >= 11 is 0. The van der Waals surface area contributed by atoms with Crippen molar-refractivity contribution >= 4 is 22.9 Å². The minimum Gasteiger partial charge on any atom is -0.477 e. The summed E-state index contributed by atoms with van der Waals surface area (Å²) in [5.41, 5.74) is 0.902. The molecule has 0 spiro atoms. The van der Waals surface area contributed by atoms with E-state index in [1.165, 1.54) is 6.08 Å². The minimum atomic E-state index is -1.25. The van der Waals surface area contributed by atoms with E-state index in [1.807, 2.05) is 30.3 Å². The summed E-state index contributed by atoms with van der Waals surface area (Å²) in [7, 11) is 0. The second-order valence-electron chi connectivity index (χ2n) is 3.40. The van der Waals surface area contributed by atoms with Crippen LogP contribution in [0.5, 0.6) is 0 Å². The van der Waals surface area contributed by atoms with E-state index in [-0.39, 0.29) is 5.57 Å². The van der Waals surface area contributed by atoms with Crippen molar-refractivity contribution in [3.8, 4) is 6.07 Å². The topological polar surface area (TPSA) is 74.0 Å². The van der Waals surface area contributed by atoms with Gasteiger partial charge in [-0.3, -0.25) is 0 Å². The van der Waals surface area contributed by atoms with Gasteiger partial charge in [0.25, 0.3) is 0 Å². The number of benzene rings is 1. The van der Waals surface area contributed by atoms with Crippen LogP contribution in [-0.2, 0) is 4.79 Å². The Morgan fingerprint density at radius 3 is 2.76 bits per heavy atom. The molecule has 82 valence electrons. The first-order valence-electron chi connectivity index (χ1n) is 4.91. The SMILES string of the molecule is N#C/C(=C/c1ccc2ccccc2n1)C(=O)O. The Bertz CT molecular complexity index is 654. The zero-order valence-electron chi connectivity index (χ0n) is 8.79. The third kappa shape index (κ3) is 2.29. The molecule has 1 aromatic heterocycles. The molecule has 4 heteroatoms. The number of nitrogens with zero attached hydrogens (tertiary/aromatic N) is 2. The van der Waals surface area contributed by atoms with Crippen LogP contribution in [0.3, 0.4) is 0 Å². The minimum absolute atomic E-state index is 0.326. The summed E-state index contributed by atoms with van der Waals surface area (Å²) in [6.45, 7) is 0. The predicted molar refractivity (Wildman–Crippen MR) is 63.0 cm³/mol. The van der Waals surface area contributed by atoms with E-state index >= 15 is 0 Å².